The number of carbonyl (C=O) groups excluding carboxylic acids is 1. The van der Waals surface area contributed by atoms with Crippen LogP contribution >= 0.6 is 0 Å². The molecule has 2 aromatic carbocycles. The smallest absolute Gasteiger partial charge is 0.262 e. The summed E-state index contributed by atoms with van der Waals surface area (Å²) in [5.41, 5.74) is -0.0756. The van der Waals surface area contributed by atoms with E-state index >= 15 is 0 Å². The number of pyridine rings is 1. The third-order valence-electron chi connectivity index (χ3n) is 4.09. The van der Waals surface area contributed by atoms with E-state index in [0.29, 0.717) is 5.75 Å². The molecule has 3 aromatic rings. The van der Waals surface area contributed by atoms with E-state index in [1.807, 2.05) is 0 Å². The van der Waals surface area contributed by atoms with Crippen molar-refractivity contribution in [2.24, 2.45) is 0 Å². The summed E-state index contributed by atoms with van der Waals surface area (Å²) in [6.07, 6.45) is 2.69. The van der Waals surface area contributed by atoms with Gasteiger partial charge in [-0.25, -0.2) is 17.2 Å². The topological polar surface area (TPSA) is 97.4 Å². The van der Waals surface area contributed by atoms with E-state index in [9.17, 15) is 22.0 Å². The monoisotopic (exact) mass is 433 g/mol. The zero-order valence-electron chi connectivity index (χ0n) is 15.7. The first-order valence-corrected chi connectivity index (χ1v) is 10.1. The predicted octanol–water partition coefficient (Wildman–Crippen LogP) is 3.10. The zero-order valence-corrected chi connectivity index (χ0v) is 16.5. The highest BCUT2D eigenvalue weighted by atomic mass is 32.2. The van der Waals surface area contributed by atoms with Crippen molar-refractivity contribution in [3.8, 4) is 5.75 Å². The number of carbonyl (C=O) groups is 1. The molecule has 0 aliphatic carbocycles. The van der Waals surface area contributed by atoms with Crippen LogP contribution in [0.2, 0.25) is 0 Å². The van der Waals surface area contributed by atoms with E-state index in [2.05, 4.69) is 15.0 Å². The number of nitrogens with one attached hydrogen (secondary N) is 2. The number of amides is 1. The Hall–Kier alpha value is -3.53. The molecule has 1 amide bonds. The lowest BCUT2D eigenvalue weighted by molar-refractivity contribution is 0.0947. The first kappa shape index (κ1) is 21.2. The van der Waals surface area contributed by atoms with E-state index < -0.39 is 27.6 Å². The minimum atomic E-state index is -4.15. The summed E-state index contributed by atoms with van der Waals surface area (Å²) in [6, 6.07) is 10.5. The van der Waals surface area contributed by atoms with Crippen molar-refractivity contribution in [1.82, 2.24) is 10.3 Å². The lowest BCUT2D eigenvalue weighted by Gasteiger charge is -2.13. The number of ether oxygens (including phenoxy) is 1. The number of sulfonamides is 1. The third-order valence-corrected chi connectivity index (χ3v) is 5.53. The predicted molar refractivity (Wildman–Crippen MR) is 106 cm³/mol. The highest BCUT2D eigenvalue weighted by Crippen LogP contribution is 2.22. The number of anilines is 1. The van der Waals surface area contributed by atoms with Crippen molar-refractivity contribution in [2.75, 3.05) is 11.8 Å². The van der Waals surface area contributed by atoms with E-state index in [-0.39, 0.29) is 28.3 Å². The van der Waals surface area contributed by atoms with Gasteiger partial charge in [0.15, 0.2) is 11.6 Å². The van der Waals surface area contributed by atoms with Crippen LogP contribution in [0.5, 0.6) is 5.75 Å². The van der Waals surface area contributed by atoms with Crippen LogP contribution in [-0.4, -0.2) is 26.4 Å². The molecule has 0 aliphatic heterocycles. The molecule has 0 fully saturated rings. The van der Waals surface area contributed by atoms with Crippen molar-refractivity contribution in [3.63, 3.8) is 0 Å². The largest absolute Gasteiger partial charge is 0.495 e. The van der Waals surface area contributed by atoms with Crippen LogP contribution in [-0.2, 0) is 16.6 Å². The Morgan fingerprint density at radius 2 is 1.87 bits per heavy atom. The van der Waals surface area contributed by atoms with E-state index in [1.54, 1.807) is 0 Å². The number of aromatic nitrogens is 1. The maximum atomic E-state index is 13.8. The Labute approximate surface area is 171 Å². The molecule has 0 aliphatic rings. The fourth-order valence-corrected chi connectivity index (χ4v) is 3.88. The van der Waals surface area contributed by atoms with Gasteiger partial charge < -0.3 is 10.1 Å². The first-order valence-electron chi connectivity index (χ1n) is 8.64. The molecule has 2 N–H and O–H groups in total. The van der Waals surface area contributed by atoms with E-state index in [4.69, 9.17) is 4.74 Å². The minimum Gasteiger partial charge on any atom is -0.495 e. The van der Waals surface area contributed by atoms with Gasteiger partial charge in [-0.2, -0.15) is 0 Å². The summed E-state index contributed by atoms with van der Waals surface area (Å²) in [4.78, 5) is 16.2. The molecular weight excluding hydrogens is 416 g/mol. The lowest BCUT2D eigenvalue weighted by Crippen LogP contribution is -2.26. The molecule has 0 spiro atoms. The fraction of sp³-hybridized carbons (Fsp3) is 0.100. The second-order valence-corrected chi connectivity index (χ2v) is 7.76. The van der Waals surface area contributed by atoms with E-state index in [0.717, 1.165) is 6.07 Å². The molecule has 0 radical (unpaired) electrons. The number of hydrogen-bond acceptors (Lipinski definition) is 5. The number of hydrogen-bond donors (Lipinski definition) is 2. The number of rotatable bonds is 7. The van der Waals surface area contributed by atoms with E-state index in [1.165, 1.54) is 62.0 Å². The summed E-state index contributed by atoms with van der Waals surface area (Å²) < 4.78 is 60.1. The highest BCUT2D eigenvalue weighted by molar-refractivity contribution is 7.92. The van der Waals surface area contributed by atoms with Crippen molar-refractivity contribution in [1.29, 1.82) is 0 Å². The van der Waals surface area contributed by atoms with Gasteiger partial charge in [0.1, 0.15) is 10.6 Å². The van der Waals surface area contributed by atoms with Gasteiger partial charge in [-0.1, -0.05) is 24.3 Å². The Bertz CT molecular complexity index is 1190. The SMILES string of the molecule is COc1cncc(NS(=O)(=O)c2ccccc2C(=O)NCc2cccc(F)c2F)c1. The Kier molecular flexibility index (Phi) is 6.26. The van der Waals surface area contributed by atoms with Crippen LogP contribution in [0.4, 0.5) is 14.5 Å². The van der Waals surface area contributed by atoms with Crippen LogP contribution in [0.1, 0.15) is 15.9 Å². The second kappa shape index (κ2) is 8.87. The van der Waals surface area contributed by atoms with Gasteiger partial charge in [0.2, 0.25) is 0 Å². The summed E-state index contributed by atoms with van der Waals surface area (Å²) in [5.74, 6) is -2.53. The van der Waals surface area contributed by atoms with Crippen molar-refractivity contribution in [2.45, 2.75) is 11.4 Å². The van der Waals surface area contributed by atoms with Crippen molar-refractivity contribution < 1.29 is 26.7 Å². The number of nitrogens with zero attached hydrogens (tertiary/aromatic N) is 1. The third kappa shape index (κ3) is 4.71. The minimum absolute atomic E-state index is 0.0655. The average Bonchev–Trinajstić information content (AvgIpc) is 2.74. The molecule has 30 heavy (non-hydrogen) atoms. The molecule has 10 heteroatoms. The van der Waals surface area contributed by atoms with Crippen LogP contribution in [0.15, 0.2) is 65.8 Å². The normalized spacial score (nSPS) is 11.0. The average molecular weight is 433 g/mol. The molecule has 0 saturated carbocycles. The second-order valence-electron chi connectivity index (χ2n) is 6.11. The standard InChI is InChI=1S/C20H17F2N3O4S/c1-29-15-9-14(11-23-12-15)25-30(27,28)18-8-3-2-6-16(18)20(26)24-10-13-5-4-7-17(21)19(13)22/h2-9,11-12,25H,10H2,1H3,(H,24,26). The molecule has 3 rings (SSSR count). The molecular formula is C20H17F2N3O4S. The number of halogens is 2. The van der Waals surface area contributed by atoms with Gasteiger partial charge in [-0.15, -0.1) is 0 Å². The maximum absolute atomic E-state index is 13.8. The van der Waals surface area contributed by atoms with Gasteiger partial charge in [0.25, 0.3) is 15.9 Å². The summed E-state index contributed by atoms with van der Waals surface area (Å²) >= 11 is 0. The molecule has 1 aromatic heterocycles. The molecule has 156 valence electrons. The van der Waals surface area contributed by atoms with Crippen LogP contribution in [0.25, 0.3) is 0 Å². The van der Waals surface area contributed by atoms with Crippen molar-refractivity contribution >= 4 is 21.6 Å². The van der Waals surface area contributed by atoms with Crippen molar-refractivity contribution in [3.05, 3.63) is 83.7 Å². The van der Waals surface area contributed by atoms with Crippen LogP contribution < -0.4 is 14.8 Å². The molecule has 7 nitrogen and oxygen atoms in total. The Morgan fingerprint density at radius 1 is 1.10 bits per heavy atom. The van der Waals surface area contributed by atoms with Gasteiger partial charge in [-0.3, -0.25) is 14.5 Å². The molecule has 0 bridgehead atoms. The van der Waals surface area contributed by atoms with Crippen LogP contribution in [0.3, 0.4) is 0 Å². The number of methoxy groups -OCH3 is 1. The number of benzene rings is 2. The van der Waals surface area contributed by atoms with Crippen LogP contribution in [0, 0.1) is 11.6 Å². The molecule has 0 atom stereocenters. The fourth-order valence-electron chi connectivity index (χ4n) is 2.64. The summed E-state index contributed by atoms with van der Waals surface area (Å²) in [6.45, 7) is -0.315. The molecule has 0 saturated heterocycles. The van der Waals surface area contributed by atoms with Gasteiger partial charge >= 0.3 is 0 Å². The maximum Gasteiger partial charge on any atom is 0.262 e. The molecule has 0 unspecified atom stereocenters. The highest BCUT2D eigenvalue weighted by Gasteiger charge is 2.23. The summed E-state index contributed by atoms with van der Waals surface area (Å²) in [7, 11) is -2.74. The Morgan fingerprint density at radius 3 is 2.63 bits per heavy atom. The molecule has 1 heterocycles. The Balaban J connectivity index is 1.83. The summed E-state index contributed by atoms with van der Waals surface area (Å²) in [5, 5.41) is 2.41. The first-order chi connectivity index (χ1) is 14.3. The quantitative estimate of drug-likeness (QED) is 0.597. The van der Waals surface area contributed by atoms with Gasteiger partial charge in [0.05, 0.1) is 30.8 Å². The van der Waals surface area contributed by atoms with Gasteiger partial charge in [-0.05, 0) is 18.2 Å². The van der Waals surface area contributed by atoms with Gasteiger partial charge in [0, 0.05) is 18.2 Å². The zero-order chi connectivity index (χ0) is 21.7. The lowest BCUT2D eigenvalue weighted by atomic mass is 10.2.